The first kappa shape index (κ1) is 9.64. The van der Waals surface area contributed by atoms with Crippen LogP contribution in [0.1, 0.15) is 0 Å². The van der Waals surface area contributed by atoms with E-state index >= 15 is 0 Å². The summed E-state index contributed by atoms with van der Waals surface area (Å²) in [6.45, 7) is 0. The minimum absolute atomic E-state index is 0.154. The molecule has 0 aromatic heterocycles. The SMILES string of the molecule is N=C(N)CSSCC(=N)N. The van der Waals surface area contributed by atoms with Crippen molar-refractivity contribution < 1.29 is 0 Å². The van der Waals surface area contributed by atoms with Crippen LogP contribution in [-0.2, 0) is 0 Å². The zero-order valence-corrected chi connectivity index (χ0v) is 7.02. The number of nitrogens with two attached hydrogens (primary N) is 2. The van der Waals surface area contributed by atoms with Crippen molar-refractivity contribution in [2.75, 3.05) is 11.5 Å². The number of hydrogen-bond acceptors (Lipinski definition) is 4. The average Bonchev–Trinajstić information content (AvgIpc) is 1.79. The lowest BCUT2D eigenvalue weighted by Gasteiger charge is -1.96. The van der Waals surface area contributed by atoms with Crippen LogP contribution >= 0.6 is 21.6 Å². The molecule has 0 heterocycles. The van der Waals surface area contributed by atoms with E-state index in [2.05, 4.69) is 0 Å². The minimum Gasteiger partial charge on any atom is -0.387 e. The van der Waals surface area contributed by atoms with Crippen molar-refractivity contribution >= 4 is 33.3 Å². The van der Waals surface area contributed by atoms with E-state index in [0.29, 0.717) is 11.5 Å². The second-order valence-corrected chi connectivity index (χ2v) is 4.04. The quantitative estimate of drug-likeness (QED) is 0.210. The van der Waals surface area contributed by atoms with Gasteiger partial charge in [-0.2, -0.15) is 0 Å². The number of rotatable bonds is 5. The monoisotopic (exact) mass is 178 g/mol. The van der Waals surface area contributed by atoms with Gasteiger partial charge in [-0.3, -0.25) is 10.8 Å². The molecule has 0 aliphatic rings. The van der Waals surface area contributed by atoms with Crippen LogP contribution in [0.3, 0.4) is 0 Å². The van der Waals surface area contributed by atoms with Gasteiger partial charge < -0.3 is 11.5 Å². The fourth-order valence-electron chi connectivity index (χ4n) is 0.210. The molecule has 0 atom stereocenters. The fourth-order valence-corrected chi connectivity index (χ4v) is 1.89. The maximum atomic E-state index is 6.84. The molecule has 58 valence electrons. The molecule has 10 heavy (non-hydrogen) atoms. The first-order valence-corrected chi connectivity index (χ1v) is 5.02. The van der Waals surface area contributed by atoms with Crippen molar-refractivity contribution in [3.05, 3.63) is 0 Å². The van der Waals surface area contributed by atoms with Gasteiger partial charge in [0.05, 0.1) is 11.5 Å². The van der Waals surface area contributed by atoms with Crippen LogP contribution in [0.2, 0.25) is 0 Å². The smallest absolute Gasteiger partial charge is 0.102 e. The molecule has 0 bridgehead atoms. The van der Waals surface area contributed by atoms with E-state index < -0.39 is 0 Å². The third-order valence-corrected chi connectivity index (χ3v) is 2.74. The second kappa shape index (κ2) is 5.43. The molecule has 6 N–H and O–H groups in total. The molecule has 0 spiro atoms. The van der Waals surface area contributed by atoms with Gasteiger partial charge in [0.25, 0.3) is 0 Å². The Morgan fingerprint density at radius 1 is 1.00 bits per heavy atom. The van der Waals surface area contributed by atoms with Crippen LogP contribution in [-0.4, -0.2) is 23.2 Å². The first-order valence-electron chi connectivity index (χ1n) is 2.53. The van der Waals surface area contributed by atoms with Crippen LogP contribution in [0.4, 0.5) is 0 Å². The van der Waals surface area contributed by atoms with Crippen molar-refractivity contribution in [1.82, 2.24) is 0 Å². The summed E-state index contributed by atoms with van der Waals surface area (Å²) in [5.74, 6) is 1.30. The van der Waals surface area contributed by atoms with Crippen LogP contribution in [0.15, 0.2) is 0 Å². The zero-order chi connectivity index (χ0) is 7.98. The van der Waals surface area contributed by atoms with E-state index in [4.69, 9.17) is 22.3 Å². The van der Waals surface area contributed by atoms with Gasteiger partial charge in [-0.05, 0) is 0 Å². The standard InChI is InChI=1S/C4H10N4S2/c5-3(6)1-9-10-2-4(7)8/h1-2H2,(H3,5,6)(H3,7,8). The largest absolute Gasteiger partial charge is 0.387 e. The van der Waals surface area contributed by atoms with Gasteiger partial charge in [0.2, 0.25) is 0 Å². The predicted molar refractivity (Wildman–Crippen MR) is 48.7 cm³/mol. The Kier molecular flexibility index (Phi) is 5.23. The highest BCUT2D eigenvalue weighted by atomic mass is 33.1. The Balaban J connectivity index is 3.06. The number of hydrogen-bond donors (Lipinski definition) is 4. The van der Waals surface area contributed by atoms with Gasteiger partial charge in [0.1, 0.15) is 11.7 Å². The van der Waals surface area contributed by atoms with Crippen LogP contribution < -0.4 is 11.5 Å². The third-order valence-electron chi connectivity index (χ3n) is 0.512. The van der Waals surface area contributed by atoms with E-state index in [1.807, 2.05) is 0 Å². The minimum atomic E-state index is 0.154. The fraction of sp³-hybridized carbons (Fsp3) is 0.500. The topological polar surface area (TPSA) is 99.7 Å². The molecular weight excluding hydrogens is 168 g/mol. The number of nitrogens with one attached hydrogen (secondary N) is 2. The lowest BCUT2D eigenvalue weighted by molar-refractivity contribution is 1.43. The lowest BCUT2D eigenvalue weighted by Crippen LogP contribution is -2.13. The maximum Gasteiger partial charge on any atom is 0.102 e. The summed E-state index contributed by atoms with van der Waals surface area (Å²) in [5.41, 5.74) is 10.1. The zero-order valence-electron chi connectivity index (χ0n) is 5.39. The van der Waals surface area contributed by atoms with Gasteiger partial charge >= 0.3 is 0 Å². The van der Waals surface area contributed by atoms with Gasteiger partial charge in [0.15, 0.2) is 0 Å². The van der Waals surface area contributed by atoms with Gasteiger partial charge in [-0.25, -0.2) is 0 Å². The summed E-state index contributed by atoms with van der Waals surface area (Å²) in [5, 5.41) is 13.7. The molecule has 0 saturated carbocycles. The van der Waals surface area contributed by atoms with E-state index in [0.717, 1.165) is 0 Å². The van der Waals surface area contributed by atoms with Crippen molar-refractivity contribution in [2.45, 2.75) is 0 Å². The molecule has 0 aliphatic heterocycles. The van der Waals surface area contributed by atoms with Crippen LogP contribution in [0.25, 0.3) is 0 Å². The van der Waals surface area contributed by atoms with Gasteiger partial charge in [0, 0.05) is 0 Å². The Morgan fingerprint density at radius 3 is 1.50 bits per heavy atom. The van der Waals surface area contributed by atoms with Crippen LogP contribution in [0.5, 0.6) is 0 Å². The van der Waals surface area contributed by atoms with Crippen molar-refractivity contribution in [3.8, 4) is 0 Å². The summed E-state index contributed by atoms with van der Waals surface area (Å²) >= 11 is 0. The van der Waals surface area contributed by atoms with E-state index in [-0.39, 0.29) is 11.7 Å². The molecule has 0 radical (unpaired) electrons. The van der Waals surface area contributed by atoms with E-state index in [9.17, 15) is 0 Å². The Bertz CT molecular complexity index is 119. The Hall–Kier alpha value is -0.360. The summed E-state index contributed by atoms with van der Waals surface area (Å²) in [6, 6.07) is 0. The second-order valence-electron chi connectivity index (χ2n) is 1.57. The van der Waals surface area contributed by atoms with Crippen LogP contribution in [0, 0.1) is 10.8 Å². The molecule has 0 rings (SSSR count). The molecule has 0 amide bonds. The van der Waals surface area contributed by atoms with Crippen molar-refractivity contribution in [3.63, 3.8) is 0 Å². The molecule has 0 aromatic carbocycles. The van der Waals surface area contributed by atoms with Crippen molar-refractivity contribution in [1.29, 1.82) is 10.8 Å². The van der Waals surface area contributed by atoms with E-state index in [1.54, 1.807) is 0 Å². The van der Waals surface area contributed by atoms with Gasteiger partial charge in [-0.1, -0.05) is 21.6 Å². The summed E-state index contributed by atoms with van der Waals surface area (Å²) < 4.78 is 0. The average molecular weight is 178 g/mol. The summed E-state index contributed by atoms with van der Waals surface area (Å²) in [4.78, 5) is 0. The molecule has 0 aliphatic carbocycles. The number of amidine groups is 2. The summed E-state index contributed by atoms with van der Waals surface area (Å²) in [6.07, 6.45) is 0. The Morgan fingerprint density at radius 2 is 1.30 bits per heavy atom. The molecule has 0 unspecified atom stereocenters. The normalized spacial score (nSPS) is 9.20. The molecule has 0 aromatic rings. The highest BCUT2D eigenvalue weighted by molar-refractivity contribution is 8.77. The molecule has 0 fully saturated rings. The maximum absolute atomic E-state index is 6.84. The van der Waals surface area contributed by atoms with Crippen molar-refractivity contribution in [2.24, 2.45) is 11.5 Å². The third kappa shape index (κ3) is 7.64. The highest BCUT2D eigenvalue weighted by Gasteiger charge is 1.92. The highest BCUT2D eigenvalue weighted by Crippen LogP contribution is 2.19. The lowest BCUT2D eigenvalue weighted by atomic mass is 10.7. The first-order chi connectivity index (χ1) is 4.63. The summed E-state index contributed by atoms with van der Waals surface area (Å²) in [7, 11) is 2.87. The molecule has 0 saturated heterocycles. The Labute approximate surface area is 67.5 Å². The molecule has 6 heteroatoms. The molecule has 4 nitrogen and oxygen atoms in total. The molecular formula is C4H10N4S2. The van der Waals surface area contributed by atoms with E-state index in [1.165, 1.54) is 21.6 Å². The van der Waals surface area contributed by atoms with Gasteiger partial charge in [-0.15, -0.1) is 0 Å². The predicted octanol–water partition coefficient (Wildman–Crippen LogP) is 0.240.